The summed E-state index contributed by atoms with van der Waals surface area (Å²) < 4.78 is 0. The van der Waals surface area contributed by atoms with Crippen molar-refractivity contribution in [3.8, 4) is 6.07 Å². The second kappa shape index (κ2) is 3.36. The fraction of sp³-hybridized carbons (Fsp3) is 0. The summed E-state index contributed by atoms with van der Waals surface area (Å²) in [6.45, 7) is 0. The highest BCUT2D eigenvalue weighted by Crippen LogP contribution is 2.24. The molecule has 3 aromatic rings. The van der Waals surface area contributed by atoms with Crippen LogP contribution >= 0.6 is 0 Å². The smallest absolute Gasteiger partial charge is 0.0998 e. The number of hydrogen-bond acceptors (Lipinski definition) is 1. The van der Waals surface area contributed by atoms with E-state index in [0.717, 1.165) is 21.5 Å². The predicted octanol–water partition coefficient (Wildman–Crippen LogP) is 3.66. The van der Waals surface area contributed by atoms with Crippen LogP contribution in [0.15, 0.2) is 48.5 Å². The normalized spacial score (nSPS) is 10.4. The molecule has 0 N–H and O–H groups in total. The fourth-order valence-electron chi connectivity index (χ4n) is 1.96. The third-order valence-corrected chi connectivity index (χ3v) is 2.76. The van der Waals surface area contributed by atoms with Crippen molar-refractivity contribution in [1.29, 1.82) is 5.26 Å². The Hall–Kier alpha value is -2.33. The van der Waals surface area contributed by atoms with Gasteiger partial charge in [0.15, 0.2) is 0 Å². The van der Waals surface area contributed by atoms with Crippen molar-refractivity contribution in [3.05, 3.63) is 60.2 Å². The molecule has 3 rings (SSSR count). The molecule has 0 fully saturated rings. The molecule has 0 bridgehead atoms. The molecular formula is C15H8N. The number of rotatable bonds is 0. The van der Waals surface area contributed by atoms with E-state index >= 15 is 0 Å². The second-order valence-corrected chi connectivity index (χ2v) is 3.74. The first kappa shape index (κ1) is 8.94. The van der Waals surface area contributed by atoms with Crippen LogP contribution in [0.5, 0.6) is 0 Å². The summed E-state index contributed by atoms with van der Waals surface area (Å²) >= 11 is 0. The van der Waals surface area contributed by atoms with Gasteiger partial charge in [-0.25, -0.2) is 0 Å². The third kappa shape index (κ3) is 1.24. The average Bonchev–Trinajstić information content (AvgIpc) is 2.35. The second-order valence-electron chi connectivity index (χ2n) is 3.74. The number of nitriles is 1. The maximum Gasteiger partial charge on any atom is 0.0998 e. The van der Waals surface area contributed by atoms with Crippen LogP contribution in [0.4, 0.5) is 0 Å². The summed E-state index contributed by atoms with van der Waals surface area (Å²) in [5.41, 5.74) is 0.708. The van der Waals surface area contributed by atoms with Gasteiger partial charge in [-0.3, -0.25) is 0 Å². The molecule has 0 saturated carbocycles. The van der Waals surface area contributed by atoms with E-state index in [9.17, 15) is 0 Å². The van der Waals surface area contributed by atoms with E-state index in [1.807, 2.05) is 42.5 Å². The highest BCUT2D eigenvalue weighted by Gasteiger charge is 2.01. The summed E-state index contributed by atoms with van der Waals surface area (Å²) in [5, 5.41) is 13.2. The van der Waals surface area contributed by atoms with Crippen LogP contribution < -0.4 is 0 Å². The van der Waals surface area contributed by atoms with Crippen molar-refractivity contribution in [2.45, 2.75) is 0 Å². The molecule has 0 heterocycles. The van der Waals surface area contributed by atoms with Crippen LogP contribution in [0.25, 0.3) is 21.5 Å². The Kier molecular flexibility index (Phi) is 1.88. The van der Waals surface area contributed by atoms with Gasteiger partial charge < -0.3 is 0 Å². The third-order valence-electron chi connectivity index (χ3n) is 2.76. The Morgan fingerprint density at radius 3 is 2.62 bits per heavy atom. The molecule has 0 aliphatic rings. The van der Waals surface area contributed by atoms with Crippen LogP contribution in [0.2, 0.25) is 0 Å². The first-order valence-electron chi connectivity index (χ1n) is 5.12. The molecule has 1 nitrogen and oxygen atoms in total. The van der Waals surface area contributed by atoms with Crippen molar-refractivity contribution in [2.75, 3.05) is 0 Å². The average molecular weight is 202 g/mol. The minimum Gasteiger partial charge on any atom is -0.192 e. The highest BCUT2D eigenvalue weighted by molar-refractivity contribution is 5.99. The standard InChI is InChI=1S/C15H8N/c16-10-14-7-3-6-13-8-11-4-1-2-5-12(11)9-15(13)14/h1-7,9H. The van der Waals surface area contributed by atoms with Crippen LogP contribution in [-0.4, -0.2) is 0 Å². The van der Waals surface area contributed by atoms with E-state index in [-0.39, 0.29) is 0 Å². The minimum atomic E-state index is 0.708. The molecule has 1 radical (unpaired) electrons. The zero-order chi connectivity index (χ0) is 11.0. The minimum absolute atomic E-state index is 0.708. The van der Waals surface area contributed by atoms with Crippen LogP contribution in [0, 0.1) is 17.4 Å². The molecule has 1 heteroatoms. The molecule has 0 aliphatic carbocycles. The lowest BCUT2D eigenvalue weighted by Crippen LogP contribution is -1.81. The molecule has 16 heavy (non-hydrogen) atoms. The predicted molar refractivity (Wildman–Crippen MR) is 65.0 cm³/mol. The van der Waals surface area contributed by atoms with Crippen molar-refractivity contribution in [3.63, 3.8) is 0 Å². The maximum absolute atomic E-state index is 9.04. The van der Waals surface area contributed by atoms with Gasteiger partial charge in [0.05, 0.1) is 11.6 Å². The lowest BCUT2D eigenvalue weighted by molar-refractivity contribution is 1.50. The quantitative estimate of drug-likeness (QED) is 0.510. The van der Waals surface area contributed by atoms with E-state index in [0.29, 0.717) is 5.56 Å². The summed E-state index contributed by atoms with van der Waals surface area (Å²) in [4.78, 5) is 0. The Labute approximate surface area is 93.6 Å². The van der Waals surface area contributed by atoms with E-state index in [4.69, 9.17) is 5.26 Å². The zero-order valence-corrected chi connectivity index (χ0v) is 8.57. The van der Waals surface area contributed by atoms with Crippen molar-refractivity contribution in [1.82, 2.24) is 0 Å². The summed E-state index contributed by atoms with van der Waals surface area (Å²) in [7, 11) is 0. The molecule has 0 spiro atoms. The summed E-state index contributed by atoms with van der Waals surface area (Å²) in [6, 6.07) is 21.4. The van der Waals surface area contributed by atoms with Gasteiger partial charge in [0.25, 0.3) is 0 Å². The van der Waals surface area contributed by atoms with Gasteiger partial charge in [0.2, 0.25) is 0 Å². The Morgan fingerprint density at radius 2 is 1.75 bits per heavy atom. The van der Waals surface area contributed by atoms with Gasteiger partial charge in [-0.15, -0.1) is 0 Å². The first-order chi connectivity index (χ1) is 7.88. The van der Waals surface area contributed by atoms with E-state index in [2.05, 4.69) is 18.2 Å². The summed E-state index contributed by atoms with van der Waals surface area (Å²) in [5.74, 6) is 0. The maximum atomic E-state index is 9.04. The Balaban J connectivity index is 2.52. The Morgan fingerprint density at radius 1 is 0.938 bits per heavy atom. The van der Waals surface area contributed by atoms with Gasteiger partial charge >= 0.3 is 0 Å². The topological polar surface area (TPSA) is 23.8 Å². The SMILES string of the molecule is N#Cc1cccc2[c]c3ccccc3cc12. The van der Waals surface area contributed by atoms with Gasteiger partial charge in [-0.1, -0.05) is 36.4 Å². The largest absolute Gasteiger partial charge is 0.192 e. The van der Waals surface area contributed by atoms with Gasteiger partial charge in [0.1, 0.15) is 0 Å². The number of hydrogen-bond donors (Lipinski definition) is 0. The molecule has 0 aliphatic heterocycles. The molecule has 0 amide bonds. The van der Waals surface area contributed by atoms with Gasteiger partial charge in [0, 0.05) is 5.39 Å². The highest BCUT2D eigenvalue weighted by atomic mass is 14.2. The van der Waals surface area contributed by atoms with Gasteiger partial charge in [-0.2, -0.15) is 5.26 Å². The first-order valence-corrected chi connectivity index (χ1v) is 5.12. The molecular weight excluding hydrogens is 194 g/mol. The van der Waals surface area contributed by atoms with E-state index in [1.54, 1.807) is 0 Å². The monoisotopic (exact) mass is 202 g/mol. The van der Waals surface area contributed by atoms with Crippen LogP contribution in [-0.2, 0) is 0 Å². The zero-order valence-electron chi connectivity index (χ0n) is 8.57. The molecule has 73 valence electrons. The van der Waals surface area contributed by atoms with E-state index < -0.39 is 0 Å². The van der Waals surface area contributed by atoms with Crippen molar-refractivity contribution in [2.24, 2.45) is 0 Å². The molecule has 0 unspecified atom stereocenters. The fourth-order valence-corrected chi connectivity index (χ4v) is 1.96. The number of benzene rings is 3. The van der Waals surface area contributed by atoms with Crippen molar-refractivity contribution >= 4 is 21.5 Å². The van der Waals surface area contributed by atoms with Crippen LogP contribution in [0.3, 0.4) is 0 Å². The van der Waals surface area contributed by atoms with Crippen molar-refractivity contribution < 1.29 is 0 Å². The van der Waals surface area contributed by atoms with Gasteiger partial charge in [-0.05, 0) is 34.4 Å². The molecule has 3 aromatic carbocycles. The lowest BCUT2D eigenvalue weighted by Gasteiger charge is -2.02. The number of fused-ring (bicyclic) bond motifs is 2. The van der Waals surface area contributed by atoms with Crippen LogP contribution in [0.1, 0.15) is 5.56 Å². The lowest BCUT2D eigenvalue weighted by atomic mass is 10.0. The van der Waals surface area contributed by atoms with E-state index in [1.165, 1.54) is 0 Å². The molecule has 0 aromatic heterocycles. The Bertz CT molecular complexity index is 720. The number of nitrogens with zero attached hydrogens (tertiary/aromatic N) is 1. The molecule has 0 atom stereocenters. The summed E-state index contributed by atoms with van der Waals surface area (Å²) in [6.07, 6.45) is 0. The molecule has 0 saturated heterocycles.